The lowest BCUT2D eigenvalue weighted by Crippen LogP contribution is -2.17. The highest BCUT2D eigenvalue weighted by molar-refractivity contribution is 7.89. The third-order valence-corrected chi connectivity index (χ3v) is 4.22. The van der Waals surface area contributed by atoms with E-state index in [1.807, 2.05) is 24.3 Å². The molecular weight excluding hydrogens is 292 g/mol. The van der Waals surface area contributed by atoms with E-state index in [-0.39, 0.29) is 5.09 Å². The maximum atomic E-state index is 11.5. The standard InChI is InChI=1S/C14H18N2O4S/c1-15-21(17,18)14-7-6-13(20-14)10-16-9-11-4-3-5-12(8-11)19-2/h3-8,15-16H,9-10H2,1-2H3. The summed E-state index contributed by atoms with van der Waals surface area (Å²) in [6.07, 6.45) is 0. The third kappa shape index (κ3) is 4.07. The van der Waals surface area contributed by atoms with Crippen molar-refractivity contribution in [3.05, 3.63) is 47.7 Å². The lowest BCUT2D eigenvalue weighted by molar-refractivity contribution is 0.400. The third-order valence-electron chi connectivity index (χ3n) is 2.93. The van der Waals surface area contributed by atoms with Gasteiger partial charge in [0.25, 0.3) is 10.0 Å². The van der Waals surface area contributed by atoms with Gasteiger partial charge in [0.2, 0.25) is 5.09 Å². The Hall–Kier alpha value is -1.83. The summed E-state index contributed by atoms with van der Waals surface area (Å²) in [5, 5.41) is 3.11. The Morgan fingerprint density at radius 3 is 2.71 bits per heavy atom. The van der Waals surface area contributed by atoms with Gasteiger partial charge in [-0.2, -0.15) is 0 Å². The molecule has 0 radical (unpaired) electrons. The summed E-state index contributed by atoms with van der Waals surface area (Å²) in [6, 6.07) is 10.8. The minimum absolute atomic E-state index is 0.0804. The molecular formula is C14H18N2O4S. The zero-order valence-corrected chi connectivity index (χ0v) is 12.7. The van der Waals surface area contributed by atoms with Crippen LogP contribution < -0.4 is 14.8 Å². The summed E-state index contributed by atoms with van der Waals surface area (Å²) in [7, 11) is -0.555. The van der Waals surface area contributed by atoms with Crippen molar-refractivity contribution in [3.63, 3.8) is 0 Å². The molecule has 0 amide bonds. The van der Waals surface area contributed by atoms with Crippen LogP contribution in [0.25, 0.3) is 0 Å². The van der Waals surface area contributed by atoms with E-state index in [9.17, 15) is 8.42 Å². The Kier molecular flexibility index (Phi) is 5.00. The van der Waals surface area contributed by atoms with Gasteiger partial charge in [-0.3, -0.25) is 0 Å². The van der Waals surface area contributed by atoms with Gasteiger partial charge in [0.15, 0.2) is 0 Å². The van der Waals surface area contributed by atoms with Crippen LogP contribution in [0.2, 0.25) is 0 Å². The highest BCUT2D eigenvalue weighted by Crippen LogP contribution is 2.14. The summed E-state index contributed by atoms with van der Waals surface area (Å²) in [5.74, 6) is 1.36. The van der Waals surface area contributed by atoms with Crippen molar-refractivity contribution in [3.8, 4) is 5.75 Å². The second-order valence-electron chi connectivity index (χ2n) is 4.38. The molecule has 0 aliphatic rings. The van der Waals surface area contributed by atoms with Crippen LogP contribution in [0.1, 0.15) is 11.3 Å². The molecule has 0 spiro atoms. The zero-order chi connectivity index (χ0) is 15.3. The number of methoxy groups -OCH3 is 1. The van der Waals surface area contributed by atoms with E-state index in [1.54, 1.807) is 13.2 Å². The van der Waals surface area contributed by atoms with Crippen LogP contribution in [0.4, 0.5) is 0 Å². The number of furan rings is 1. The van der Waals surface area contributed by atoms with Crippen molar-refractivity contribution in [2.45, 2.75) is 18.2 Å². The van der Waals surface area contributed by atoms with E-state index in [0.717, 1.165) is 11.3 Å². The van der Waals surface area contributed by atoms with Crippen molar-refractivity contribution >= 4 is 10.0 Å². The van der Waals surface area contributed by atoms with Crippen molar-refractivity contribution in [1.29, 1.82) is 0 Å². The number of nitrogens with one attached hydrogen (secondary N) is 2. The minimum atomic E-state index is -3.52. The molecule has 0 fully saturated rings. The first-order valence-corrected chi connectivity index (χ1v) is 7.89. The van der Waals surface area contributed by atoms with Gasteiger partial charge in [-0.1, -0.05) is 12.1 Å². The Labute approximate surface area is 124 Å². The molecule has 0 unspecified atom stereocenters. The van der Waals surface area contributed by atoms with E-state index in [0.29, 0.717) is 18.8 Å². The van der Waals surface area contributed by atoms with Crippen LogP contribution in [-0.2, 0) is 23.1 Å². The number of hydrogen-bond acceptors (Lipinski definition) is 5. The highest BCUT2D eigenvalue weighted by atomic mass is 32.2. The second-order valence-corrected chi connectivity index (χ2v) is 6.20. The van der Waals surface area contributed by atoms with Gasteiger partial charge in [0, 0.05) is 6.54 Å². The predicted molar refractivity (Wildman–Crippen MR) is 78.5 cm³/mol. The lowest BCUT2D eigenvalue weighted by Gasteiger charge is -2.05. The average molecular weight is 310 g/mol. The normalized spacial score (nSPS) is 11.5. The van der Waals surface area contributed by atoms with E-state index >= 15 is 0 Å². The molecule has 7 heteroatoms. The smallest absolute Gasteiger partial charge is 0.273 e. The summed E-state index contributed by atoms with van der Waals surface area (Å²) in [6.45, 7) is 1.07. The first kappa shape index (κ1) is 15.6. The van der Waals surface area contributed by atoms with Gasteiger partial charge < -0.3 is 14.5 Å². The Morgan fingerprint density at radius 1 is 1.19 bits per heavy atom. The SMILES string of the molecule is CNS(=O)(=O)c1ccc(CNCc2cccc(OC)c2)o1. The van der Waals surface area contributed by atoms with Crippen LogP contribution in [0.5, 0.6) is 5.75 Å². The van der Waals surface area contributed by atoms with E-state index in [4.69, 9.17) is 9.15 Å². The summed E-state index contributed by atoms with van der Waals surface area (Å²) >= 11 is 0. The lowest BCUT2D eigenvalue weighted by atomic mass is 10.2. The maximum Gasteiger partial charge on any atom is 0.273 e. The van der Waals surface area contributed by atoms with E-state index in [2.05, 4.69) is 10.0 Å². The summed E-state index contributed by atoms with van der Waals surface area (Å²) in [5.41, 5.74) is 1.07. The number of sulfonamides is 1. The highest BCUT2D eigenvalue weighted by Gasteiger charge is 2.15. The molecule has 0 saturated carbocycles. The van der Waals surface area contributed by atoms with Crippen LogP contribution >= 0.6 is 0 Å². The molecule has 6 nitrogen and oxygen atoms in total. The zero-order valence-electron chi connectivity index (χ0n) is 11.9. The van der Waals surface area contributed by atoms with Crippen LogP contribution in [0.3, 0.4) is 0 Å². The van der Waals surface area contributed by atoms with E-state index < -0.39 is 10.0 Å². The number of ether oxygens (including phenoxy) is 1. The molecule has 0 atom stereocenters. The second kappa shape index (κ2) is 6.75. The van der Waals surface area contributed by atoms with Gasteiger partial charge in [0.05, 0.1) is 13.7 Å². The number of rotatable bonds is 7. The van der Waals surface area contributed by atoms with Crippen LogP contribution in [0.15, 0.2) is 45.9 Å². The van der Waals surface area contributed by atoms with Crippen molar-refractivity contribution in [2.24, 2.45) is 0 Å². The van der Waals surface area contributed by atoms with E-state index in [1.165, 1.54) is 13.1 Å². The fraction of sp³-hybridized carbons (Fsp3) is 0.286. The molecule has 2 aromatic rings. The fourth-order valence-corrected chi connectivity index (χ4v) is 2.48. The molecule has 0 bridgehead atoms. The van der Waals surface area contributed by atoms with Crippen molar-refractivity contribution in [2.75, 3.05) is 14.2 Å². The Balaban J connectivity index is 1.92. The van der Waals surface area contributed by atoms with Crippen molar-refractivity contribution in [1.82, 2.24) is 10.0 Å². The molecule has 2 rings (SSSR count). The number of hydrogen-bond donors (Lipinski definition) is 2. The number of benzene rings is 1. The molecule has 1 aromatic heterocycles. The molecule has 1 aromatic carbocycles. The van der Waals surface area contributed by atoms with Crippen LogP contribution in [-0.4, -0.2) is 22.6 Å². The average Bonchev–Trinajstić information content (AvgIpc) is 2.97. The molecule has 0 aliphatic heterocycles. The quantitative estimate of drug-likeness (QED) is 0.810. The van der Waals surface area contributed by atoms with Crippen molar-refractivity contribution < 1.29 is 17.6 Å². The Bertz CT molecular complexity index is 695. The molecule has 21 heavy (non-hydrogen) atoms. The fourth-order valence-electron chi connectivity index (χ4n) is 1.81. The molecule has 2 N–H and O–H groups in total. The van der Waals surface area contributed by atoms with Gasteiger partial charge in [-0.25, -0.2) is 13.1 Å². The predicted octanol–water partition coefficient (Wildman–Crippen LogP) is 1.49. The first-order valence-electron chi connectivity index (χ1n) is 6.41. The maximum absolute atomic E-state index is 11.5. The Morgan fingerprint density at radius 2 is 2.00 bits per heavy atom. The summed E-state index contributed by atoms with van der Waals surface area (Å²) in [4.78, 5) is 0. The minimum Gasteiger partial charge on any atom is -0.497 e. The van der Waals surface area contributed by atoms with Gasteiger partial charge in [-0.05, 0) is 36.9 Å². The first-order chi connectivity index (χ1) is 10.0. The van der Waals surface area contributed by atoms with Gasteiger partial charge in [-0.15, -0.1) is 0 Å². The topological polar surface area (TPSA) is 80.6 Å². The molecule has 114 valence electrons. The molecule has 1 heterocycles. The largest absolute Gasteiger partial charge is 0.497 e. The molecule has 0 saturated heterocycles. The summed E-state index contributed by atoms with van der Waals surface area (Å²) < 4.78 is 35.7. The molecule has 0 aliphatic carbocycles. The van der Waals surface area contributed by atoms with Crippen LogP contribution in [0, 0.1) is 0 Å². The van der Waals surface area contributed by atoms with Gasteiger partial charge >= 0.3 is 0 Å². The monoisotopic (exact) mass is 310 g/mol. The van der Waals surface area contributed by atoms with Gasteiger partial charge in [0.1, 0.15) is 11.5 Å².